The maximum absolute atomic E-state index is 12.4. The molecule has 0 unspecified atom stereocenters. The zero-order chi connectivity index (χ0) is 17.6. The van der Waals surface area contributed by atoms with Gasteiger partial charge in [-0.15, -0.1) is 0 Å². The van der Waals surface area contributed by atoms with Crippen LogP contribution in [0.25, 0.3) is 0 Å². The van der Waals surface area contributed by atoms with Crippen LogP contribution in [0.3, 0.4) is 0 Å². The lowest BCUT2D eigenvalue weighted by atomic mass is 10.1. The Balaban J connectivity index is 1.45. The average molecular weight is 345 g/mol. The molecule has 134 valence electrons. The second-order valence-electron chi connectivity index (χ2n) is 6.43. The number of hydrogen-bond donors (Lipinski definition) is 2. The molecule has 0 aromatic carbocycles. The minimum atomic E-state index is -0.592. The molecule has 8 heteroatoms. The van der Waals surface area contributed by atoms with Crippen LogP contribution >= 0.6 is 0 Å². The number of nitrogens with one attached hydrogen (secondary N) is 2. The minimum absolute atomic E-state index is 0.0391. The number of imide groups is 1. The van der Waals surface area contributed by atoms with E-state index in [1.165, 1.54) is 5.56 Å². The van der Waals surface area contributed by atoms with Crippen LogP contribution in [0.1, 0.15) is 24.8 Å². The Kier molecular flexibility index (Phi) is 5.60. The zero-order valence-electron chi connectivity index (χ0n) is 14.1. The monoisotopic (exact) mass is 345 g/mol. The van der Waals surface area contributed by atoms with Crippen molar-refractivity contribution in [2.75, 3.05) is 26.2 Å². The molecule has 2 saturated heterocycles. The third-order valence-corrected chi connectivity index (χ3v) is 4.58. The Hall–Kier alpha value is -2.48. The second kappa shape index (κ2) is 8.06. The van der Waals surface area contributed by atoms with Gasteiger partial charge in [-0.25, -0.2) is 4.79 Å². The van der Waals surface area contributed by atoms with Crippen molar-refractivity contribution >= 4 is 17.8 Å². The van der Waals surface area contributed by atoms with E-state index in [1.54, 1.807) is 6.20 Å². The quantitative estimate of drug-likeness (QED) is 0.739. The lowest BCUT2D eigenvalue weighted by Gasteiger charge is -2.22. The molecule has 4 amide bonds. The summed E-state index contributed by atoms with van der Waals surface area (Å²) >= 11 is 0. The molecule has 1 aromatic rings. The van der Waals surface area contributed by atoms with Crippen LogP contribution in [0.15, 0.2) is 24.5 Å². The molecule has 0 bridgehead atoms. The van der Waals surface area contributed by atoms with E-state index in [-0.39, 0.29) is 18.2 Å². The van der Waals surface area contributed by atoms with Gasteiger partial charge in [-0.3, -0.25) is 24.8 Å². The van der Waals surface area contributed by atoms with Gasteiger partial charge in [0, 0.05) is 51.5 Å². The molecular formula is C17H23N5O3. The van der Waals surface area contributed by atoms with Crippen LogP contribution in [0.4, 0.5) is 4.79 Å². The van der Waals surface area contributed by atoms with Crippen molar-refractivity contribution in [2.45, 2.75) is 31.8 Å². The fraction of sp³-hybridized carbons (Fsp3) is 0.529. The molecular weight excluding hydrogens is 322 g/mol. The summed E-state index contributed by atoms with van der Waals surface area (Å²) in [5.41, 5.74) is 1.17. The van der Waals surface area contributed by atoms with Crippen molar-refractivity contribution in [3.05, 3.63) is 30.1 Å². The summed E-state index contributed by atoms with van der Waals surface area (Å²) in [6, 6.07) is 2.91. The van der Waals surface area contributed by atoms with Crippen molar-refractivity contribution in [3.63, 3.8) is 0 Å². The largest absolute Gasteiger partial charge is 0.341 e. The van der Waals surface area contributed by atoms with Gasteiger partial charge in [-0.2, -0.15) is 0 Å². The van der Waals surface area contributed by atoms with Crippen LogP contribution in [-0.4, -0.2) is 64.9 Å². The standard InChI is InChI=1S/C17H23N5O3/c23-15(5-4-14-16(24)20-17(25)19-14)22-8-2-7-21(9-10-22)12-13-3-1-6-18-11-13/h1,3,6,11,14H,2,4-5,7-10,12H2,(H2,19,20,24,25)/t14-/m0/s1. The van der Waals surface area contributed by atoms with E-state index in [0.717, 1.165) is 32.6 Å². The molecule has 2 aliphatic heterocycles. The van der Waals surface area contributed by atoms with E-state index in [4.69, 9.17) is 0 Å². The van der Waals surface area contributed by atoms with E-state index >= 15 is 0 Å². The van der Waals surface area contributed by atoms with Gasteiger partial charge in [-0.1, -0.05) is 6.07 Å². The van der Waals surface area contributed by atoms with Gasteiger partial charge in [0.05, 0.1) is 0 Å². The van der Waals surface area contributed by atoms with Crippen LogP contribution in [0.2, 0.25) is 0 Å². The zero-order valence-corrected chi connectivity index (χ0v) is 14.1. The maximum atomic E-state index is 12.4. The molecule has 1 aromatic heterocycles. The van der Waals surface area contributed by atoms with Crippen LogP contribution in [-0.2, 0) is 16.1 Å². The topological polar surface area (TPSA) is 94.6 Å². The number of aromatic nitrogens is 1. The molecule has 2 aliphatic rings. The number of urea groups is 1. The number of hydrogen-bond acceptors (Lipinski definition) is 5. The Morgan fingerprint density at radius 3 is 2.84 bits per heavy atom. The maximum Gasteiger partial charge on any atom is 0.322 e. The first-order valence-corrected chi connectivity index (χ1v) is 8.62. The Bertz CT molecular complexity index is 636. The predicted molar refractivity (Wildman–Crippen MR) is 90.4 cm³/mol. The van der Waals surface area contributed by atoms with Crippen molar-refractivity contribution in [3.8, 4) is 0 Å². The van der Waals surface area contributed by atoms with Crippen molar-refractivity contribution in [1.29, 1.82) is 0 Å². The van der Waals surface area contributed by atoms with Gasteiger partial charge in [0.1, 0.15) is 6.04 Å². The summed E-state index contributed by atoms with van der Waals surface area (Å²) in [4.78, 5) is 43.3. The molecule has 0 spiro atoms. The van der Waals surface area contributed by atoms with Crippen molar-refractivity contribution < 1.29 is 14.4 Å². The summed E-state index contributed by atoms with van der Waals surface area (Å²) in [5, 5.41) is 4.71. The second-order valence-corrected chi connectivity index (χ2v) is 6.43. The first-order valence-electron chi connectivity index (χ1n) is 8.62. The number of amides is 4. The van der Waals surface area contributed by atoms with Gasteiger partial charge >= 0.3 is 6.03 Å². The summed E-state index contributed by atoms with van der Waals surface area (Å²) in [5.74, 6) is -0.312. The SMILES string of the molecule is O=C1NC(=O)[C@H](CCC(=O)N2CCCN(Cc3cccnc3)CC2)N1. The molecule has 2 N–H and O–H groups in total. The van der Waals surface area contributed by atoms with Gasteiger partial charge in [0.2, 0.25) is 5.91 Å². The number of rotatable bonds is 5. The van der Waals surface area contributed by atoms with Gasteiger partial charge in [-0.05, 0) is 24.5 Å². The van der Waals surface area contributed by atoms with Gasteiger partial charge < -0.3 is 10.2 Å². The minimum Gasteiger partial charge on any atom is -0.341 e. The Morgan fingerprint density at radius 1 is 1.24 bits per heavy atom. The molecule has 3 rings (SSSR count). The highest BCUT2D eigenvalue weighted by molar-refractivity contribution is 6.04. The van der Waals surface area contributed by atoms with E-state index in [2.05, 4.69) is 26.6 Å². The van der Waals surface area contributed by atoms with E-state index in [0.29, 0.717) is 13.0 Å². The molecule has 1 atom stereocenters. The fourth-order valence-electron chi connectivity index (χ4n) is 3.22. The first-order chi connectivity index (χ1) is 12.1. The Labute approximate surface area is 146 Å². The highest BCUT2D eigenvalue weighted by atomic mass is 16.2. The van der Waals surface area contributed by atoms with Crippen LogP contribution in [0.5, 0.6) is 0 Å². The molecule has 3 heterocycles. The average Bonchev–Trinajstić information content (AvgIpc) is 2.79. The third-order valence-electron chi connectivity index (χ3n) is 4.58. The lowest BCUT2D eigenvalue weighted by molar-refractivity contribution is -0.131. The molecule has 8 nitrogen and oxygen atoms in total. The Morgan fingerprint density at radius 2 is 2.12 bits per heavy atom. The van der Waals surface area contributed by atoms with Gasteiger partial charge in [0.25, 0.3) is 5.91 Å². The van der Waals surface area contributed by atoms with E-state index in [9.17, 15) is 14.4 Å². The van der Waals surface area contributed by atoms with E-state index < -0.39 is 12.1 Å². The molecule has 25 heavy (non-hydrogen) atoms. The highest BCUT2D eigenvalue weighted by Gasteiger charge is 2.30. The number of pyridine rings is 1. The summed E-state index contributed by atoms with van der Waals surface area (Å²) in [6.07, 6.45) is 5.16. The van der Waals surface area contributed by atoms with Crippen molar-refractivity contribution in [2.24, 2.45) is 0 Å². The number of carbonyl (C=O) groups is 3. The predicted octanol–water partition coefficient (Wildman–Crippen LogP) is 0.104. The highest BCUT2D eigenvalue weighted by Crippen LogP contribution is 2.11. The molecule has 2 fully saturated rings. The van der Waals surface area contributed by atoms with E-state index in [1.807, 2.05) is 17.2 Å². The summed E-state index contributed by atoms with van der Waals surface area (Å²) in [6.45, 7) is 4.01. The van der Waals surface area contributed by atoms with Gasteiger partial charge in [0.15, 0.2) is 0 Å². The van der Waals surface area contributed by atoms with Crippen molar-refractivity contribution in [1.82, 2.24) is 25.4 Å². The molecule has 0 saturated carbocycles. The first kappa shape index (κ1) is 17.3. The number of nitrogens with zero attached hydrogens (tertiary/aromatic N) is 3. The molecule has 0 aliphatic carbocycles. The smallest absolute Gasteiger partial charge is 0.322 e. The van der Waals surface area contributed by atoms with Crippen LogP contribution in [0, 0.1) is 0 Å². The summed E-state index contributed by atoms with van der Waals surface area (Å²) in [7, 11) is 0. The third kappa shape index (κ3) is 4.76. The number of carbonyl (C=O) groups excluding carboxylic acids is 3. The molecule has 0 radical (unpaired) electrons. The normalized spacial score (nSPS) is 21.6. The fourth-order valence-corrected chi connectivity index (χ4v) is 3.22. The summed E-state index contributed by atoms with van der Waals surface area (Å²) < 4.78 is 0. The van der Waals surface area contributed by atoms with Crippen LogP contribution < -0.4 is 10.6 Å². The lowest BCUT2D eigenvalue weighted by Crippen LogP contribution is -2.37.